The maximum atomic E-state index is 14.1. The van der Waals surface area contributed by atoms with E-state index in [0.29, 0.717) is 24.6 Å². The fourth-order valence-corrected chi connectivity index (χ4v) is 4.96. The average Bonchev–Trinajstić information content (AvgIpc) is 3.15. The highest BCUT2D eigenvalue weighted by atomic mass is 32.2. The van der Waals surface area contributed by atoms with Gasteiger partial charge in [-0.25, -0.2) is 21.9 Å². The molecule has 0 aliphatic carbocycles. The Kier molecular flexibility index (Phi) is 6.54. The van der Waals surface area contributed by atoms with Crippen LogP contribution < -0.4 is 5.32 Å². The molecule has 1 saturated heterocycles. The van der Waals surface area contributed by atoms with Gasteiger partial charge in [0.25, 0.3) is 5.91 Å². The molecule has 0 spiro atoms. The molecule has 3 aromatic rings. The lowest BCUT2D eigenvalue weighted by Crippen LogP contribution is -2.40. The number of ether oxygens (including phenoxy) is 1. The quantitative estimate of drug-likeness (QED) is 0.591. The molecule has 2 heterocycles. The molecule has 0 bridgehead atoms. The minimum Gasteiger partial charge on any atom is -0.379 e. The smallest absolute Gasteiger partial charge is 0.256 e. The first-order chi connectivity index (χ1) is 15.8. The Morgan fingerprint density at radius 1 is 1.15 bits per heavy atom. The van der Waals surface area contributed by atoms with Crippen molar-refractivity contribution in [3.05, 3.63) is 77.0 Å². The number of anilines is 1. The fraction of sp³-hybridized carbons (Fsp3) is 0.273. The van der Waals surface area contributed by atoms with Crippen LogP contribution in [-0.4, -0.2) is 54.7 Å². The summed E-state index contributed by atoms with van der Waals surface area (Å²) >= 11 is 0. The molecule has 2 aromatic carbocycles. The fourth-order valence-electron chi connectivity index (χ4n) is 3.50. The highest BCUT2D eigenvalue weighted by Gasteiger charge is 2.27. The molecule has 8 nitrogen and oxygen atoms in total. The third kappa shape index (κ3) is 4.95. The molecule has 1 aromatic heterocycles. The number of aromatic nitrogens is 2. The lowest BCUT2D eigenvalue weighted by atomic mass is 10.2. The summed E-state index contributed by atoms with van der Waals surface area (Å²) in [6.07, 6.45) is 1.49. The first kappa shape index (κ1) is 23.0. The number of hydrogen-bond acceptors (Lipinski definition) is 5. The van der Waals surface area contributed by atoms with Gasteiger partial charge >= 0.3 is 0 Å². The maximum Gasteiger partial charge on any atom is 0.256 e. The van der Waals surface area contributed by atoms with Gasteiger partial charge in [-0.3, -0.25) is 4.79 Å². The number of morpholine rings is 1. The summed E-state index contributed by atoms with van der Waals surface area (Å²) in [5.41, 5.74) is 0.817. The van der Waals surface area contributed by atoms with Gasteiger partial charge in [0.05, 0.1) is 30.9 Å². The molecule has 1 fully saturated rings. The molecule has 1 N–H and O–H groups in total. The molecule has 0 atom stereocenters. The second kappa shape index (κ2) is 9.38. The van der Waals surface area contributed by atoms with Crippen molar-refractivity contribution >= 4 is 21.7 Å². The Morgan fingerprint density at radius 2 is 1.91 bits per heavy atom. The van der Waals surface area contributed by atoms with Crippen LogP contribution in [0.4, 0.5) is 14.6 Å². The number of carbonyl (C=O) groups is 1. The zero-order valence-electron chi connectivity index (χ0n) is 17.8. The van der Waals surface area contributed by atoms with Crippen LogP contribution in [0.15, 0.2) is 53.6 Å². The number of nitrogens with zero attached hydrogens (tertiary/aromatic N) is 3. The first-order valence-electron chi connectivity index (χ1n) is 10.2. The number of aryl methyl sites for hydroxylation is 1. The Balaban J connectivity index is 1.57. The van der Waals surface area contributed by atoms with E-state index in [-0.39, 0.29) is 35.7 Å². The van der Waals surface area contributed by atoms with Crippen molar-refractivity contribution in [3.63, 3.8) is 0 Å². The van der Waals surface area contributed by atoms with Crippen LogP contribution >= 0.6 is 0 Å². The van der Waals surface area contributed by atoms with E-state index in [0.717, 1.165) is 18.2 Å². The standard InChI is InChI=1S/C22H22F2N4O4S/c1-15-13-25-28(14-17-11-18(23)5-6-20(17)24)21(15)26-22(29)16-3-2-4-19(12-16)33(30,31)27-7-9-32-10-8-27/h2-6,11-13H,7-10,14H2,1H3,(H,26,29). The lowest BCUT2D eigenvalue weighted by molar-refractivity contribution is 0.0730. The molecule has 4 rings (SSSR count). The lowest BCUT2D eigenvalue weighted by Gasteiger charge is -2.26. The van der Waals surface area contributed by atoms with Gasteiger partial charge in [-0.15, -0.1) is 0 Å². The van der Waals surface area contributed by atoms with Crippen molar-refractivity contribution in [3.8, 4) is 0 Å². The summed E-state index contributed by atoms with van der Waals surface area (Å²) in [5.74, 6) is -1.44. The second-order valence-electron chi connectivity index (χ2n) is 7.57. The van der Waals surface area contributed by atoms with Crippen molar-refractivity contribution in [2.24, 2.45) is 0 Å². The number of rotatable bonds is 6. The van der Waals surface area contributed by atoms with Gasteiger partial charge < -0.3 is 10.1 Å². The van der Waals surface area contributed by atoms with Gasteiger partial charge in [-0.2, -0.15) is 9.40 Å². The molecule has 33 heavy (non-hydrogen) atoms. The summed E-state index contributed by atoms with van der Waals surface area (Å²) in [4.78, 5) is 12.9. The van der Waals surface area contributed by atoms with E-state index < -0.39 is 27.6 Å². The zero-order chi connectivity index (χ0) is 23.6. The molecule has 0 saturated carbocycles. The van der Waals surface area contributed by atoms with Crippen LogP contribution in [0.2, 0.25) is 0 Å². The molecule has 174 valence electrons. The number of sulfonamides is 1. The van der Waals surface area contributed by atoms with Gasteiger partial charge in [0.15, 0.2) is 0 Å². The van der Waals surface area contributed by atoms with E-state index >= 15 is 0 Å². The largest absolute Gasteiger partial charge is 0.379 e. The molecular weight excluding hydrogens is 454 g/mol. The van der Waals surface area contributed by atoms with Gasteiger partial charge in [0.1, 0.15) is 17.5 Å². The van der Waals surface area contributed by atoms with Crippen molar-refractivity contribution in [1.29, 1.82) is 0 Å². The van der Waals surface area contributed by atoms with Crippen LogP contribution in [0, 0.1) is 18.6 Å². The van der Waals surface area contributed by atoms with E-state index in [2.05, 4.69) is 10.4 Å². The molecular formula is C22H22F2N4O4S. The number of hydrogen-bond donors (Lipinski definition) is 1. The van der Waals surface area contributed by atoms with Crippen molar-refractivity contribution in [1.82, 2.24) is 14.1 Å². The van der Waals surface area contributed by atoms with E-state index in [4.69, 9.17) is 4.74 Å². The Bertz CT molecular complexity index is 1290. The van der Waals surface area contributed by atoms with E-state index in [1.165, 1.54) is 39.4 Å². The van der Waals surface area contributed by atoms with E-state index in [1.807, 2.05) is 0 Å². The maximum absolute atomic E-state index is 14.1. The molecule has 1 aliphatic rings. The Morgan fingerprint density at radius 3 is 2.67 bits per heavy atom. The third-order valence-electron chi connectivity index (χ3n) is 5.29. The predicted octanol–water partition coefficient (Wildman–Crippen LogP) is 2.79. The first-order valence-corrected chi connectivity index (χ1v) is 11.7. The second-order valence-corrected chi connectivity index (χ2v) is 9.51. The number of carbonyl (C=O) groups excluding carboxylic acids is 1. The average molecular weight is 477 g/mol. The predicted molar refractivity (Wildman–Crippen MR) is 116 cm³/mol. The number of benzene rings is 2. The number of amides is 1. The molecule has 1 aliphatic heterocycles. The summed E-state index contributed by atoms with van der Waals surface area (Å²) in [7, 11) is -3.77. The topological polar surface area (TPSA) is 93.5 Å². The molecule has 0 unspecified atom stereocenters. The minimum atomic E-state index is -3.77. The highest BCUT2D eigenvalue weighted by molar-refractivity contribution is 7.89. The van der Waals surface area contributed by atoms with Crippen molar-refractivity contribution < 1.29 is 26.7 Å². The van der Waals surface area contributed by atoms with Gasteiger partial charge in [0, 0.05) is 29.8 Å². The van der Waals surface area contributed by atoms with E-state index in [9.17, 15) is 22.0 Å². The summed E-state index contributed by atoms with van der Waals surface area (Å²) in [5, 5.41) is 6.85. The van der Waals surface area contributed by atoms with Crippen LogP contribution in [0.5, 0.6) is 0 Å². The number of nitrogens with one attached hydrogen (secondary N) is 1. The van der Waals surface area contributed by atoms with Crippen LogP contribution in [-0.2, 0) is 21.3 Å². The summed E-state index contributed by atoms with van der Waals surface area (Å²) in [6.45, 7) is 2.73. The van der Waals surface area contributed by atoms with Crippen LogP contribution in [0.25, 0.3) is 0 Å². The minimum absolute atomic E-state index is 0.00381. The highest BCUT2D eigenvalue weighted by Crippen LogP contribution is 2.21. The van der Waals surface area contributed by atoms with Crippen molar-refractivity contribution in [2.45, 2.75) is 18.4 Å². The third-order valence-corrected chi connectivity index (χ3v) is 7.18. The molecule has 1 amide bonds. The van der Waals surface area contributed by atoms with Gasteiger partial charge in [0.2, 0.25) is 10.0 Å². The van der Waals surface area contributed by atoms with Gasteiger partial charge in [-0.1, -0.05) is 6.07 Å². The number of halogens is 2. The van der Waals surface area contributed by atoms with Crippen LogP contribution in [0.1, 0.15) is 21.5 Å². The van der Waals surface area contributed by atoms with Crippen molar-refractivity contribution in [2.75, 3.05) is 31.6 Å². The summed E-state index contributed by atoms with van der Waals surface area (Å²) < 4.78 is 61.3. The monoisotopic (exact) mass is 476 g/mol. The normalized spacial score (nSPS) is 14.9. The van der Waals surface area contributed by atoms with Crippen LogP contribution in [0.3, 0.4) is 0 Å². The SMILES string of the molecule is Cc1cnn(Cc2cc(F)ccc2F)c1NC(=O)c1cccc(S(=O)(=O)N2CCOCC2)c1. The summed E-state index contributed by atoms with van der Waals surface area (Å²) in [6, 6.07) is 8.85. The molecule has 0 radical (unpaired) electrons. The van der Waals surface area contributed by atoms with Gasteiger partial charge in [-0.05, 0) is 43.3 Å². The Hall–Kier alpha value is -3.15. The van der Waals surface area contributed by atoms with E-state index in [1.54, 1.807) is 6.92 Å². The molecule has 11 heteroatoms. The Labute approximate surface area is 189 Å². The zero-order valence-corrected chi connectivity index (χ0v) is 18.6.